The summed E-state index contributed by atoms with van der Waals surface area (Å²) in [5, 5.41) is 1.74. The highest BCUT2D eigenvalue weighted by atomic mass is 35.5. The molecule has 0 fully saturated rings. The maximum absolute atomic E-state index is 12.9. The van der Waals surface area contributed by atoms with Crippen molar-refractivity contribution in [1.29, 1.82) is 0 Å². The summed E-state index contributed by atoms with van der Waals surface area (Å²) in [5.74, 6) is -0.608. The Hall–Kier alpha value is -2.01. The predicted molar refractivity (Wildman–Crippen MR) is 103 cm³/mol. The van der Waals surface area contributed by atoms with E-state index in [1.165, 1.54) is 32.2 Å². The Morgan fingerprint density at radius 3 is 2.31 bits per heavy atom. The van der Waals surface area contributed by atoms with Gasteiger partial charge in [-0.05, 0) is 43.3 Å². The number of ether oxygens (including phenoxy) is 1. The number of amides is 1. The lowest BCUT2D eigenvalue weighted by Gasteiger charge is -2.16. The van der Waals surface area contributed by atoms with Gasteiger partial charge in [0.05, 0.1) is 33.7 Å². The Bertz CT molecular complexity index is 1030. The molecule has 0 aliphatic heterocycles. The van der Waals surface area contributed by atoms with Gasteiger partial charge >= 0.3 is 6.18 Å². The van der Waals surface area contributed by atoms with Crippen molar-refractivity contribution >= 4 is 44.8 Å². The lowest BCUT2D eigenvalue weighted by molar-refractivity contribution is -0.137. The van der Waals surface area contributed by atoms with Gasteiger partial charge in [-0.3, -0.25) is 4.79 Å². The molecule has 0 aromatic heterocycles. The van der Waals surface area contributed by atoms with Gasteiger partial charge in [0.1, 0.15) is 5.75 Å². The normalized spacial score (nSPS) is 13.1. The molecule has 0 radical (unpaired) electrons. The second kappa shape index (κ2) is 8.78. The summed E-state index contributed by atoms with van der Waals surface area (Å²) in [4.78, 5) is 12.0. The molecule has 158 valence electrons. The number of carbonyl (C=O) groups excluding carboxylic acids is 1. The molecule has 0 bridgehead atoms. The third-order valence-electron chi connectivity index (χ3n) is 3.70. The monoisotopic (exact) mass is 470 g/mol. The van der Waals surface area contributed by atoms with Crippen LogP contribution in [0.2, 0.25) is 10.0 Å². The fraction of sp³-hybridized carbons (Fsp3) is 0.235. The number of carbonyl (C=O) groups is 1. The van der Waals surface area contributed by atoms with Crippen LogP contribution in [0.5, 0.6) is 5.75 Å². The molecule has 0 saturated carbocycles. The standard InChI is InChI=1S/C17H15Cl2F3N2O4S/c1-9(24-29(26,27)11-4-6-15(28-2)14(19)8-11)16(25)23-10-3-5-13(18)12(7-10)17(20,21)22/h3-9,24H,1-2H3,(H,23,25)/t9-/m0/s1. The molecule has 2 N–H and O–H groups in total. The van der Waals surface area contributed by atoms with Crippen molar-refractivity contribution in [2.24, 2.45) is 0 Å². The van der Waals surface area contributed by atoms with Crippen molar-refractivity contribution in [1.82, 2.24) is 4.72 Å². The van der Waals surface area contributed by atoms with Gasteiger partial charge in [-0.2, -0.15) is 17.9 Å². The summed E-state index contributed by atoms with van der Waals surface area (Å²) in [5.41, 5.74) is -1.32. The minimum absolute atomic E-state index is 0.0494. The first kappa shape index (κ1) is 23.3. The van der Waals surface area contributed by atoms with Crippen molar-refractivity contribution in [3.05, 3.63) is 52.0 Å². The zero-order valence-electron chi connectivity index (χ0n) is 15.0. The third-order valence-corrected chi connectivity index (χ3v) is 5.86. The van der Waals surface area contributed by atoms with Gasteiger partial charge in [-0.25, -0.2) is 8.42 Å². The van der Waals surface area contributed by atoms with Crippen molar-refractivity contribution < 1.29 is 31.1 Å². The van der Waals surface area contributed by atoms with Crippen LogP contribution in [0.3, 0.4) is 0 Å². The summed E-state index contributed by atoms with van der Waals surface area (Å²) < 4.78 is 70.7. The number of methoxy groups -OCH3 is 1. The Labute approximate surface area is 175 Å². The molecule has 12 heteroatoms. The van der Waals surface area contributed by atoms with E-state index < -0.39 is 38.7 Å². The first-order valence-corrected chi connectivity index (χ1v) is 10.1. The van der Waals surface area contributed by atoms with E-state index >= 15 is 0 Å². The number of hydrogen-bond acceptors (Lipinski definition) is 4. The van der Waals surface area contributed by atoms with Crippen LogP contribution in [0.25, 0.3) is 0 Å². The van der Waals surface area contributed by atoms with Crippen LogP contribution < -0.4 is 14.8 Å². The molecule has 2 rings (SSSR count). The number of nitrogens with one attached hydrogen (secondary N) is 2. The number of hydrogen-bond donors (Lipinski definition) is 2. The van der Waals surface area contributed by atoms with Crippen molar-refractivity contribution in [3.63, 3.8) is 0 Å². The van der Waals surface area contributed by atoms with Gasteiger partial charge in [0.25, 0.3) is 0 Å². The van der Waals surface area contributed by atoms with E-state index in [9.17, 15) is 26.4 Å². The van der Waals surface area contributed by atoms with Gasteiger partial charge in [-0.1, -0.05) is 23.2 Å². The first-order valence-electron chi connectivity index (χ1n) is 7.88. The molecular formula is C17H15Cl2F3N2O4S. The van der Waals surface area contributed by atoms with Gasteiger partial charge in [0.2, 0.25) is 15.9 Å². The predicted octanol–water partition coefficient (Wildman–Crippen LogP) is 4.33. The Kier molecular flexibility index (Phi) is 7.05. The van der Waals surface area contributed by atoms with E-state index in [0.717, 1.165) is 12.1 Å². The topological polar surface area (TPSA) is 84.5 Å². The van der Waals surface area contributed by atoms with E-state index in [1.54, 1.807) is 0 Å². The molecule has 0 unspecified atom stereocenters. The smallest absolute Gasteiger partial charge is 0.417 e. The number of benzene rings is 2. The zero-order chi connectivity index (χ0) is 22.0. The van der Waals surface area contributed by atoms with Crippen LogP contribution >= 0.6 is 23.2 Å². The molecule has 2 aromatic carbocycles. The molecule has 29 heavy (non-hydrogen) atoms. The molecule has 0 saturated heterocycles. The highest BCUT2D eigenvalue weighted by molar-refractivity contribution is 7.89. The lowest BCUT2D eigenvalue weighted by Crippen LogP contribution is -2.41. The summed E-state index contributed by atoms with van der Waals surface area (Å²) in [6.45, 7) is 1.23. The van der Waals surface area contributed by atoms with Gasteiger partial charge in [0.15, 0.2) is 0 Å². The van der Waals surface area contributed by atoms with Crippen molar-refractivity contribution in [2.45, 2.75) is 24.0 Å². The summed E-state index contributed by atoms with van der Waals surface area (Å²) in [6, 6.07) is 5.22. The molecule has 0 aliphatic rings. The van der Waals surface area contributed by atoms with Crippen LogP contribution in [0, 0.1) is 0 Å². The second-order valence-electron chi connectivity index (χ2n) is 5.82. The van der Waals surface area contributed by atoms with E-state index in [2.05, 4.69) is 10.0 Å². The maximum atomic E-state index is 12.9. The lowest BCUT2D eigenvalue weighted by atomic mass is 10.2. The van der Waals surface area contributed by atoms with Gasteiger partial charge in [0, 0.05) is 5.69 Å². The van der Waals surface area contributed by atoms with Crippen LogP contribution in [0.4, 0.5) is 18.9 Å². The largest absolute Gasteiger partial charge is 0.495 e. The number of alkyl halides is 3. The zero-order valence-corrected chi connectivity index (χ0v) is 17.3. The minimum atomic E-state index is -4.71. The molecular weight excluding hydrogens is 456 g/mol. The molecule has 1 amide bonds. The van der Waals surface area contributed by atoms with Crippen LogP contribution in [0.15, 0.2) is 41.3 Å². The van der Waals surface area contributed by atoms with E-state index in [-0.39, 0.29) is 21.4 Å². The average Bonchev–Trinajstić information content (AvgIpc) is 2.61. The molecule has 0 spiro atoms. The van der Waals surface area contributed by atoms with Crippen molar-refractivity contribution in [3.8, 4) is 5.75 Å². The van der Waals surface area contributed by atoms with Crippen LogP contribution in [-0.2, 0) is 21.0 Å². The fourth-order valence-corrected chi connectivity index (χ4v) is 4.02. The SMILES string of the molecule is COc1ccc(S(=O)(=O)N[C@@H](C)C(=O)Nc2ccc(Cl)c(C(F)(F)F)c2)cc1Cl. The fourth-order valence-electron chi connectivity index (χ4n) is 2.24. The molecule has 0 aliphatic carbocycles. The summed E-state index contributed by atoms with van der Waals surface area (Å²) >= 11 is 11.4. The number of rotatable bonds is 6. The molecule has 2 aromatic rings. The Morgan fingerprint density at radius 2 is 1.76 bits per heavy atom. The maximum Gasteiger partial charge on any atom is 0.417 e. The van der Waals surface area contributed by atoms with Crippen molar-refractivity contribution in [2.75, 3.05) is 12.4 Å². The number of halogens is 5. The average molecular weight is 471 g/mol. The van der Waals surface area contributed by atoms with E-state index in [1.807, 2.05) is 0 Å². The highest BCUT2D eigenvalue weighted by Crippen LogP contribution is 2.36. The molecule has 1 atom stereocenters. The minimum Gasteiger partial charge on any atom is -0.495 e. The molecule has 6 nitrogen and oxygen atoms in total. The second-order valence-corrected chi connectivity index (χ2v) is 8.35. The van der Waals surface area contributed by atoms with E-state index in [4.69, 9.17) is 27.9 Å². The van der Waals surface area contributed by atoms with Gasteiger partial charge < -0.3 is 10.1 Å². The third kappa shape index (κ3) is 5.75. The van der Waals surface area contributed by atoms with E-state index in [0.29, 0.717) is 6.07 Å². The summed E-state index contributed by atoms with van der Waals surface area (Å²) in [7, 11) is -2.77. The molecule has 0 heterocycles. The Balaban J connectivity index is 2.16. The van der Waals surface area contributed by atoms with Crippen LogP contribution in [-0.4, -0.2) is 27.5 Å². The number of anilines is 1. The highest BCUT2D eigenvalue weighted by Gasteiger charge is 2.33. The number of sulfonamides is 1. The Morgan fingerprint density at radius 1 is 1.10 bits per heavy atom. The van der Waals surface area contributed by atoms with Crippen LogP contribution in [0.1, 0.15) is 12.5 Å². The first-order chi connectivity index (χ1) is 13.3. The van der Waals surface area contributed by atoms with Gasteiger partial charge in [-0.15, -0.1) is 0 Å². The summed E-state index contributed by atoms with van der Waals surface area (Å²) in [6.07, 6.45) is -4.71. The quantitative estimate of drug-likeness (QED) is 0.657.